The van der Waals surface area contributed by atoms with Crippen molar-refractivity contribution in [3.05, 3.63) is 29.3 Å². The highest BCUT2D eigenvalue weighted by Crippen LogP contribution is 2.35. The van der Waals surface area contributed by atoms with Crippen LogP contribution in [0.5, 0.6) is 5.75 Å². The summed E-state index contributed by atoms with van der Waals surface area (Å²) in [6, 6.07) is 5.88. The summed E-state index contributed by atoms with van der Waals surface area (Å²) in [5.74, 6) is -0.144. The molecule has 1 aromatic rings. The van der Waals surface area contributed by atoms with Crippen LogP contribution in [0.1, 0.15) is 68.9 Å². The standard InChI is InChI=1S/C24H39BN2O4.2ClH/c25-22(7-4-12-28)24(26,23(30)31)11-10-20-13-18-8-9-21(29)14-19(18)16-27(20)15-17-5-2-1-3-6-17;;/h8-9,14,17,20,22,28-29H,1-7,10-13,15-16,25-26H2,(H,30,31);2*1H. The topological polar surface area (TPSA) is 107 Å². The third-order valence-corrected chi connectivity index (χ3v) is 7.72. The van der Waals surface area contributed by atoms with Crippen LogP contribution in [-0.4, -0.2) is 58.8 Å². The molecule has 3 unspecified atom stereocenters. The van der Waals surface area contributed by atoms with Crippen molar-refractivity contribution in [2.45, 2.75) is 88.2 Å². The predicted molar refractivity (Wildman–Crippen MR) is 139 cm³/mol. The van der Waals surface area contributed by atoms with Gasteiger partial charge in [-0.15, -0.1) is 24.8 Å². The van der Waals surface area contributed by atoms with E-state index in [4.69, 9.17) is 10.8 Å². The van der Waals surface area contributed by atoms with Gasteiger partial charge in [-0.25, -0.2) is 0 Å². The Morgan fingerprint density at radius 2 is 1.91 bits per heavy atom. The van der Waals surface area contributed by atoms with Gasteiger partial charge in [-0.1, -0.05) is 31.7 Å². The number of halogens is 2. The molecule has 6 nitrogen and oxygen atoms in total. The number of carbonyl (C=O) groups is 1. The number of carboxylic acids is 1. The van der Waals surface area contributed by atoms with Gasteiger partial charge in [-0.05, 0) is 73.5 Å². The number of nitrogens with zero attached hydrogens (tertiary/aromatic N) is 1. The molecule has 0 bridgehead atoms. The zero-order valence-electron chi connectivity index (χ0n) is 19.7. The van der Waals surface area contributed by atoms with Crippen LogP contribution in [0, 0.1) is 5.92 Å². The molecule has 1 aromatic carbocycles. The summed E-state index contributed by atoms with van der Waals surface area (Å²) in [6.07, 6.45) is 9.67. The molecule has 1 aliphatic heterocycles. The lowest BCUT2D eigenvalue weighted by Crippen LogP contribution is -2.53. The zero-order valence-corrected chi connectivity index (χ0v) is 21.4. The molecule has 0 radical (unpaired) electrons. The third-order valence-electron chi connectivity index (χ3n) is 7.72. The van der Waals surface area contributed by atoms with Crippen molar-refractivity contribution < 1.29 is 20.1 Å². The molecule has 0 aromatic heterocycles. The molecular formula is C24H41BCl2N2O4. The van der Waals surface area contributed by atoms with Crippen LogP contribution in [0.15, 0.2) is 18.2 Å². The lowest BCUT2D eigenvalue weighted by Gasteiger charge is -2.41. The highest BCUT2D eigenvalue weighted by atomic mass is 35.5. The minimum Gasteiger partial charge on any atom is -0.508 e. The maximum Gasteiger partial charge on any atom is 0.323 e. The fraction of sp³-hybridized carbons (Fsp3) is 0.708. The molecule has 0 amide bonds. The van der Waals surface area contributed by atoms with Crippen molar-refractivity contribution in [1.82, 2.24) is 4.90 Å². The molecule has 0 spiro atoms. The first-order valence-corrected chi connectivity index (χ1v) is 12.0. The van der Waals surface area contributed by atoms with Gasteiger partial charge in [0.1, 0.15) is 19.1 Å². The fourth-order valence-electron chi connectivity index (χ4n) is 5.51. The molecule has 0 saturated heterocycles. The van der Waals surface area contributed by atoms with Crippen LogP contribution in [0.25, 0.3) is 0 Å². The van der Waals surface area contributed by atoms with Gasteiger partial charge >= 0.3 is 5.97 Å². The SMILES string of the molecule is BC(CCCO)C(N)(CCC1Cc2ccc(O)cc2CN1CC1CCCCC1)C(=O)O.Cl.Cl. The number of aliphatic hydroxyl groups is 1. The van der Waals surface area contributed by atoms with Crippen molar-refractivity contribution in [1.29, 1.82) is 0 Å². The number of fused-ring (bicyclic) bond motifs is 1. The number of hydrogen-bond donors (Lipinski definition) is 4. The predicted octanol–water partition coefficient (Wildman–Crippen LogP) is 3.30. The Hall–Kier alpha value is -0.985. The maximum absolute atomic E-state index is 12.1. The summed E-state index contributed by atoms with van der Waals surface area (Å²) in [5.41, 5.74) is 7.60. The fourth-order valence-corrected chi connectivity index (χ4v) is 5.51. The van der Waals surface area contributed by atoms with E-state index in [0.717, 1.165) is 25.9 Å². The normalized spacial score (nSPS) is 21.7. The Morgan fingerprint density at radius 1 is 1.21 bits per heavy atom. The monoisotopic (exact) mass is 502 g/mol. The summed E-state index contributed by atoms with van der Waals surface area (Å²) < 4.78 is 0. The second kappa shape index (κ2) is 13.8. The molecule has 5 N–H and O–H groups in total. The van der Waals surface area contributed by atoms with Gasteiger partial charge in [0.05, 0.1) is 0 Å². The molecule has 9 heteroatoms. The molecule has 1 aliphatic carbocycles. The van der Waals surface area contributed by atoms with E-state index < -0.39 is 11.5 Å². The summed E-state index contributed by atoms with van der Waals surface area (Å²) >= 11 is 0. The van der Waals surface area contributed by atoms with E-state index >= 15 is 0 Å². The number of rotatable bonds is 10. The number of phenols is 1. The highest BCUT2D eigenvalue weighted by molar-refractivity contribution is 6.15. The summed E-state index contributed by atoms with van der Waals surface area (Å²) in [4.78, 5) is 14.6. The highest BCUT2D eigenvalue weighted by Gasteiger charge is 2.40. The van der Waals surface area contributed by atoms with Gasteiger partial charge in [-0.3, -0.25) is 9.69 Å². The van der Waals surface area contributed by atoms with E-state index in [-0.39, 0.29) is 43.3 Å². The molecule has 1 fully saturated rings. The maximum atomic E-state index is 12.1. The Morgan fingerprint density at radius 3 is 2.55 bits per heavy atom. The molecule has 2 aliphatic rings. The second-order valence-electron chi connectivity index (χ2n) is 9.90. The van der Waals surface area contributed by atoms with Gasteiger partial charge in [-0.2, -0.15) is 0 Å². The van der Waals surface area contributed by atoms with Crippen LogP contribution in [0.3, 0.4) is 0 Å². The molecule has 33 heavy (non-hydrogen) atoms. The van der Waals surface area contributed by atoms with Crippen LogP contribution >= 0.6 is 24.8 Å². The minimum absolute atomic E-state index is 0. The molecule has 3 rings (SSSR count). The van der Waals surface area contributed by atoms with Gasteiger partial charge in [0.25, 0.3) is 0 Å². The minimum atomic E-state index is -1.28. The van der Waals surface area contributed by atoms with Crippen LogP contribution < -0.4 is 5.73 Å². The summed E-state index contributed by atoms with van der Waals surface area (Å²) in [5, 5.41) is 29.0. The van der Waals surface area contributed by atoms with Gasteiger partial charge in [0, 0.05) is 25.7 Å². The van der Waals surface area contributed by atoms with E-state index in [1.165, 1.54) is 43.2 Å². The molecule has 188 valence electrons. The van der Waals surface area contributed by atoms with E-state index in [1.807, 2.05) is 20.0 Å². The molecular weight excluding hydrogens is 462 g/mol. The van der Waals surface area contributed by atoms with E-state index in [1.54, 1.807) is 6.07 Å². The van der Waals surface area contributed by atoms with Gasteiger partial charge < -0.3 is 21.1 Å². The number of hydrogen-bond acceptors (Lipinski definition) is 5. The molecule has 1 saturated carbocycles. The van der Waals surface area contributed by atoms with Crippen LogP contribution in [0.4, 0.5) is 0 Å². The van der Waals surface area contributed by atoms with E-state index in [9.17, 15) is 15.0 Å². The number of aromatic hydroxyl groups is 1. The van der Waals surface area contributed by atoms with Crippen LogP contribution in [0.2, 0.25) is 5.82 Å². The summed E-state index contributed by atoms with van der Waals surface area (Å²) in [6.45, 7) is 1.89. The lowest BCUT2D eigenvalue weighted by atomic mass is 9.66. The Bertz CT molecular complexity index is 751. The Kier molecular flexibility index (Phi) is 12.6. The first kappa shape index (κ1) is 30.0. The van der Waals surface area contributed by atoms with E-state index in [0.29, 0.717) is 30.9 Å². The Balaban J connectivity index is 0.00000272. The lowest BCUT2D eigenvalue weighted by molar-refractivity contribution is -0.144. The number of phenolic OH excluding ortho intramolecular Hbond substituents is 1. The van der Waals surface area contributed by atoms with Crippen molar-refractivity contribution >= 4 is 38.6 Å². The number of aliphatic carboxylic acids is 1. The third kappa shape index (κ3) is 7.76. The number of benzene rings is 1. The van der Waals surface area contributed by atoms with Crippen molar-refractivity contribution in [3.8, 4) is 5.75 Å². The zero-order chi connectivity index (χ0) is 22.4. The summed E-state index contributed by atoms with van der Waals surface area (Å²) in [7, 11) is 1.89. The first-order chi connectivity index (χ1) is 14.8. The smallest absolute Gasteiger partial charge is 0.323 e. The number of aliphatic hydroxyl groups excluding tert-OH is 1. The quantitative estimate of drug-likeness (QED) is 0.365. The average molecular weight is 503 g/mol. The van der Waals surface area contributed by atoms with Crippen LogP contribution in [-0.2, 0) is 17.8 Å². The first-order valence-electron chi connectivity index (χ1n) is 12.0. The van der Waals surface area contributed by atoms with E-state index in [2.05, 4.69) is 4.90 Å². The Labute approximate surface area is 211 Å². The largest absolute Gasteiger partial charge is 0.508 e. The number of carboxylic acid groups (broad SMARTS) is 1. The second-order valence-corrected chi connectivity index (χ2v) is 9.90. The van der Waals surface area contributed by atoms with Crippen molar-refractivity contribution in [3.63, 3.8) is 0 Å². The van der Waals surface area contributed by atoms with Gasteiger partial charge in [0.15, 0.2) is 0 Å². The number of nitrogens with two attached hydrogens (primary N) is 1. The molecule has 3 atom stereocenters. The van der Waals surface area contributed by atoms with Crippen molar-refractivity contribution in [2.75, 3.05) is 13.2 Å². The molecule has 1 heterocycles. The van der Waals surface area contributed by atoms with Gasteiger partial charge in [0.2, 0.25) is 0 Å². The average Bonchev–Trinajstić information content (AvgIpc) is 2.76. The van der Waals surface area contributed by atoms with Crippen molar-refractivity contribution in [2.24, 2.45) is 11.7 Å².